The Morgan fingerprint density at radius 1 is 0.960 bits per heavy atom. The maximum atomic E-state index is 12.0. The summed E-state index contributed by atoms with van der Waals surface area (Å²) in [4.78, 5) is 22.9. The molecule has 0 aromatic heterocycles. The van der Waals surface area contributed by atoms with E-state index in [1.54, 1.807) is 62.8 Å². The molecule has 0 saturated carbocycles. The highest BCUT2D eigenvalue weighted by molar-refractivity contribution is 5.90. The van der Waals surface area contributed by atoms with Gasteiger partial charge >= 0.3 is 5.97 Å². The Hall–Kier alpha value is -3.28. The maximum Gasteiger partial charge on any atom is 0.336 e. The van der Waals surface area contributed by atoms with Gasteiger partial charge in [-0.2, -0.15) is 0 Å². The Bertz CT molecular complexity index is 781. The number of rotatable bonds is 6. The minimum atomic E-state index is -0.530. The van der Waals surface area contributed by atoms with Crippen LogP contribution in [0, 0.1) is 0 Å². The monoisotopic (exact) mass is 341 g/mol. The van der Waals surface area contributed by atoms with Crippen molar-refractivity contribution in [2.24, 2.45) is 0 Å². The van der Waals surface area contributed by atoms with Gasteiger partial charge in [-0.05, 0) is 48.5 Å². The number of hydrogen-bond donors (Lipinski definition) is 1. The van der Waals surface area contributed by atoms with Gasteiger partial charge in [0.1, 0.15) is 17.2 Å². The fraction of sp³-hybridized carbons (Fsp3) is 0.158. The molecule has 2 aromatic carbocycles. The largest absolute Gasteiger partial charge is 0.497 e. The summed E-state index contributed by atoms with van der Waals surface area (Å²) in [6.45, 7) is 1.42. The molecule has 0 fully saturated rings. The third kappa shape index (κ3) is 5.39. The summed E-state index contributed by atoms with van der Waals surface area (Å²) in [5, 5.41) is 2.64. The van der Waals surface area contributed by atoms with Crippen molar-refractivity contribution in [3.63, 3.8) is 0 Å². The van der Waals surface area contributed by atoms with Crippen LogP contribution in [0.5, 0.6) is 17.2 Å². The van der Waals surface area contributed by atoms with E-state index in [4.69, 9.17) is 14.2 Å². The molecule has 0 saturated heterocycles. The number of amides is 1. The summed E-state index contributed by atoms with van der Waals surface area (Å²) in [6.07, 6.45) is 2.90. The first-order chi connectivity index (χ1) is 12.0. The molecule has 0 aliphatic carbocycles. The molecular weight excluding hydrogens is 322 g/mol. The smallest absolute Gasteiger partial charge is 0.336 e. The molecule has 6 heteroatoms. The normalized spacial score (nSPS) is 10.4. The van der Waals surface area contributed by atoms with Crippen LogP contribution >= 0.6 is 0 Å². The second-order valence-corrected chi connectivity index (χ2v) is 5.07. The second kappa shape index (κ2) is 8.54. The number of methoxy groups -OCH3 is 2. The summed E-state index contributed by atoms with van der Waals surface area (Å²) in [6, 6.07) is 11.8. The zero-order valence-corrected chi connectivity index (χ0v) is 14.2. The van der Waals surface area contributed by atoms with Crippen molar-refractivity contribution < 1.29 is 23.8 Å². The predicted molar refractivity (Wildman–Crippen MR) is 95.0 cm³/mol. The predicted octanol–water partition coefficient (Wildman–Crippen LogP) is 3.28. The van der Waals surface area contributed by atoms with Gasteiger partial charge in [0.15, 0.2) is 0 Å². The molecule has 0 aliphatic heterocycles. The molecule has 25 heavy (non-hydrogen) atoms. The van der Waals surface area contributed by atoms with E-state index in [2.05, 4.69) is 5.32 Å². The first kappa shape index (κ1) is 18.1. The topological polar surface area (TPSA) is 73.9 Å². The van der Waals surface area contributed by atoms with Crippen molar-refractivity contribution in [1.29, 1.82) is 0 Å². The van der Waals surface area contributed by atoms with Gasteiger partial charge in [-0.3, -0.25) is 4.79 Å². The highest BCUT2D eigenvalue weighted by Gasteiger charge is 2.05. The van der Waals surface area contributed by atoms with Crippen molar-refractivity contribution in [2.45, 2.75) is 6.92 Å². The van der Waals surface area contributed by atoms with Crippen molar-refractivity contribution >= 4 is 23.6 Å². The minimum Gasteiger partial charge on any atom is -0.497 e. The van der Waals surface area contributed by atoms with Gasteiger partial charge in [-0.1, -0.05) is 0 Å². The van der Waals surface area contributed by atoms with E-state index in [-0.39, 0.29) is 5.91 Å². The molecular formula is C19H19NO5. The molecule has 0 bridgehead atoms. The molecule has 1 amide bonds. The van der Waals surface area contributed by atoms with Gasteiger partial charge in [-0.15, -0.1) is 0 Å². The lowest BCUT2D eigenvalue weighted by Crippen LogP contribution is -2.06. The first-order valence-corrected chi connectivity index (χ1v) is 7.51. The van der Waals surface area contributed by atoms with E-state index < -0.39 is 5.97 Å². The molecule has 0 atom stereocenters. The van der Waals surface area contributed by atoms with E-state index in [1.165, 1.54) is 13.0 Å². The standard InChI is InChI=1S/C19H19NO5/c1-13(21)20-15-5-7-16(8-6-15)25-19(22)11-4-14-12-17(23-2)9-10-18(14)24-3/h4-12H,1-3H3,(H,20,21)/b11-4+. The lowest BCUT2D eigenvalue weighted by Gasteiger charge is -2.07. The number of carbonyl (C=O) groups is 2. The Morgan fingerprint density at radius 2 is 1.64 bits per heavy atom. The molecule has 0 spiro atoms. The van der Waals surface area contributed by atoms with E-state index in [1.807, 2.05) is 0 Å². The van der Waals surface area contributed by atoms with E-state index >= 15 is 0 Å². The SMILES string of the molecule is COc1ccc(OC)c(/C=C/C(=O)Oc2ccc(NC(C)=O)cc2)c1. The van der Waals surface area contributed by atoms with Crippen molar-refractivity contribution in [3.05, 3.63) is 54.1 Å². The Balaban J connectivity index is 2.04. The van der Waals surface area contributed by atoms with Crippen LogP contribution in [0.15, 0.2) is 48.5 Å². The molecule has 0 radical (unpaired) electrons. The van der Waals surface area contributed by atoms with E-state index in [0.717, 1.165) is 0 Å². The summed E-state index contributed by atoms with van der Waals surface area (Å²) < 4.78 is 15.6. The summed E-state index contributed by atoms with van der Waals surface area (Å²) >= 11 is 0. The molecule has 0 heterocycles. The number of anilines is 1. The fourth-order valence-electron chi connectivity index (χ4n) is 2.09. The average molecular weight is 341 g/mol. The van der Waals surface area contributed by atoms with Crippen LogP contribution in [0.25, 0.3) is 6.08 Å². The third-order valence-electron chi connectivity index (χ3n) is 3.23. The number of nitrogens with one attached hydrogen (secondary N) is 1. The molecule has 130 valence electrons. The van der Waals surface area contributed by atoms with E-state index in [9.17, 15) is 9.59 Å². The van der Waals surface area contributed by atoms with Crippen LogP contribution < -0.4 is 19.5 Å². The summed E-state index contributed by atoms with van der Waals surface area (Å²) in [7, 11) is 3.11. The highest BCUT2D eigenvalue weighted by Crippen LogP contribution is 2.25. The Kier molecular flexibility index (Phi) is 6.17. The van der Waals surface area contributed by atoms with Crippen LogP contribution in [-0.2, 0) is 9.59 Å². The minimum absolute atomic E-state index is 0.167. The second-order valence-electron chi connectivity index (χ2n) is 5.07. The molecule has 0 unspecified atom stereocenters. The summed E-state index contributed by atoms with van der Waals surface area (Å²) in [5.41, 5.74) is 1.32. The van der Waals surface area contributed by atoms with Crippen molar-refractivity contribution in [2.75, 3.05) is 19.5 Å². The number of benzene rings is 2. The number of hydrogen-bond acceptors (Lipinski definition) is 5. The maximum absolute atomic E-state index is 12.0. The zero-order chi connectivity index (χ0) is 18.2. The molecule has 1 N–H and O–H groups in total. The van der Waals surface area contributed by atoms with Crippen LogP contribution in [0.2, 0.25) is 0 Å². The van der Waals surface area contributed by atoms with Crippen LogP contribution in [0.1, 0.15) is 12.5 Å². The van der Waals surface area contributed by atoms with E-state index in [0.29, 0.717) is 28.5 Å². The van der Waals surface area contributed by atoms with Crippen LogP contribution in [0.4, 0.5) is 5.69 Å². The quantitative estimate of drug-likeness (QED) is 0.496. The number of esters is 1. The van der Waals surface area contributed by atoms with Crippen molar-refractivity contribution in [1.82, 2.24) is 0 Å². The van der Waals surface area contributed by atoms with Gasteiger partial charge in [0, 0.05) is 24.3 Å². The fourth-order valence-corrected chi connectivity index (χ4v) is 2.09. The first-order valence-electron chi connectivity index (χ1n) is 7.51. The van der Waals surface area contributed by atoms with Gasteiger partial charge in [0.05, 0.1) is 14.2 Å². The molecule has 2 aromatic rings. The molecule has 0 aliphatic rings. The average Bonchev–Trinajstić information content (AvgIpc) is 2.61. The summed E-state index contributed by atoms with van der Waals surface area (Å²) in [5.74, 6) is 0.949. The lowest BCUT2D eigenvalue weighted by molar-refractivity contribution is -0.128. The van der Waals surface area contributed by atoms with Gasteiger partial charge in [-0.25, -0.2) is 4.79 Å². The third-order valence-corrected chi connectivity index (χ3v) is 3.23. The van der Waals surface area contributed by atoms with Crippen LogP contribution in [0.3, 0.4) is 0 Å². The van der Waals surface area contributed by atoms with Gasteiger partial charge in [0.25, 0.3) is 0 Å². The number of ether oxygens (including phenoxy) is 3. The highest BCUT2D eigenvalue weighted by atomic mass is 16.5. The van der Waals surface area contributed by atoms with Gasteiger partial charge in [0.2, 0.25) is 5.91 Å². The van der Waals surface area contributed by atoms with Crippen LogP contribution in [-0.4, -0.2) is 26.1 Å². The zero-order valence-electron chi connectivity index (χ0n) is 14.2. The number of carbonyl (C=O) groups excluding carboxylic acids is 2. The molecule has 2 rings (SSSR count). The molecule has 6 nitrogen and oxygen atoms in total. The lowest BCUT2D eigenvalue weighted by atomic mass is 10.1. The Labute approximate surface area is 146 Å². The van der Waals surface area contributed by atoms with Gasteiger partial charge < -0.3 is 19.5 Å². The Morgan fingerprint density at radius 3 is 2.24 bits per heavy atom. The van der Waals surface area contributed by atoms with Crippen molar-refractivity contribution in [3.8, 4) is 17.2 Å².